The van der Waals surface area contributed by atoms with Gasteiger partial charge in [0.1, 0.15) is 5.75 Å². The van der Waals surface area contributed by atoms with Crippen molar-refractivity contribution >= 4 is 56.6 Å². The molecule has 0 aliphatic carbocycles. The van der Waals surface area contributed by atoms with Gasteiger partial charge < -0.3 is 4.74 Å². The highest BCUT2D eigenvalue weighted by molar-refractivity contribution is 9.10. The number of nitro groups is 1. The van der Waals surface area contributed by atoms with Gasteiger partial charge in [0.05, 0.1) is 21.9 Å². The van der Waals surface area contributed by atoms with Gasteiger partial charge in [-0.1, -0.05) is 46.3 Å². The minimum atomic E-state index is -0.514. The first kappa shape index (κ1) is 23.4. The van der Waals surface area contributed by atoms with Gasteiger partial charge in [-0.2, -0.15) is 0 Å². The average Bonchev–Trinajstić information content (AvgIpc) is 3.08. The highest BCUT2D eigenvalue weighted by Gasteiger charge is 2.35. The van der Waals surface area contributed by atoms with E-state index in [9.17, 15) is 24.5 Å². The Morgan fingerprint density at radius 1 is 1.06 bits per heavy atom. The lowest BCUT2D eigenvalue weighted by Crippen LogP contribution is -2.27. The standard InChI is InChI=1S/C24H15BrN2O6S/c25-18-3-1-2-17(13-18)23(29)33-20-10-6-15(7-11-20)12-21-22(28)26(24(30)34-21)14-16-4-8-19(9-5-16)27(31)32/h1-13H,14H2/b21-12-. The molecule has 1 aliphatic heterocycles. The topological polar surface area (TPSA) is 107 Å². The first-order valence-electron chi connectivity index (χ1n) is 9.87. The largest absolute Gasteiger partial charge is 0.423 e. The number of ether oxygens (including phenoxy) is 1. The highest BCUT2D eigenvalue weighted by atomic mass is 79.9. The molecule has 0 saturated carbocycles. The van der Waals surface area contributed by atoms with Crippen LogP contribution >= 0.6 is 27.7 Å². The lowest BCUT2D eigenvalue weighted by molar-refractivity contribution is -0.384. The average molecular weight is 539 g/mol. The molecule has 34 heavy (non-hydrogen) atoms. The van der Waals surface area contributed by atoms with Gasteiger partial charge in [-0.15, -0.1) is 0 Å². The van der Waals surface area contributed by atoms with Crippen LogP contribution in [0.25, 0.3) is 6.08 Å². The fraction of sp³-hybridized carbons (Fsp3) is 0.0417. The summed E-state index contributed by atoms with van der Waals surface area (Å²) in [6.07, 6.45) is 1.58. The van der Waals surface area contributed by atoms with Crippen molar-refractivity contribution < 1.29 is 24.0 Å². The molecule has 0 bridgehead atoms. The monoisotopic (exact) mass is 538 g/mol. The van der Waals surface area contributed by atoms with Crippen molar-refractivity contribution in [2.75, 3.05) is 0 Å². The second kappa shape index (κ2) is 10.0. The molecule has 0 unspecified atom stereocenters. The minimum absolute atomic E-state index is 0.0183. The number of carbonyl (C=O) groups is 3. The van der Waals surface area contributed by atoms with Crippen LogP contribution in [0.15, 0.2) is 82.2 Å². The SMILES string of the molecule is O=C(Oc1ccc(/C=C2\SC(=O)N(Cc3ccc([N+](=O)[O-])cc3)C2=O)cc1)c1cccc(Br)c1. The maximum atomic E-state index is 12.7. The summed E-state index contributed by atoms with van der Waals surface area (Å²) in [5, 5.41) is 10.4. The summed E-state index contributed by atoms with van der Waals surface area (Å²) in [5.41, 5.74) is 1.59. The molecule has 1 saturated heterocycles. The van der Waals surface area contributed by atoms with Crippen molar-refractivity contribution in [3.63, 3.8) is 0 Å². The Morgan fingerprint density at radius 3 is 2.41 bits per heavy atom. The number of non-ortho nitro benzene ring substituents is 1. The number of thioether (sulfide) groups is 1. The molecule has 3 aromatic carbocycles. The Hall–Kier alpha value is -3.76. The van der Waals surface area contributed by atoms with E-state index in [0.717, 1.165) is 21.1 Å². The fourth-order valence-corrected chi connectivity index (χ4v) is 4.34. The zero-order valence-corrected chi connectivity index (χ0v) is 19.7. The Morgan fingerprint density at radius 2 is 1.76 bits per heavy atom. The van der Waals surface area contributed by atoms with Crippen molar-refractivity contribution in [1.29, 1.82) is 0 Å². The van der Waals surface area contributed by atoms with E-state index in [2.05, 4.69) is 15.9 Å². The smallest absolute Gasteiger partial charge is 0.343 e. The third-order valence-electron chi connectivity index (χ3n) is 4.81. The van der Waals surface area contributed by atoms with Crippen LogP contribution in [0.1, 0.15) is 21.5 Å². The van der Waals surface area contributed by atoms with Gasteiger partial charge in [0.15, 0.2) is 0 Å². The van der Waals surface area contributed by atoms with Crippen LogP contribution in [0.5, 0.6) is 5.75 Å². The van der Waals surface area contributed by atoms with E-state index >= 15 is 0 Å². The molecule has 8 nitrogen and oxygen atoms in total. The summed E-state index contributed by atoms with van der Waals surface area (Å²) in [7, 11) is 0. The predicted molar refractivity (Wildman–Crippen MR) is 130 cm³/mol. The van der Waals surface area contributed by atoms with E-state index < -0.39 is 22.0 Å². The number of nitro benzene ring substituents is 1. The van der Waals surface area contributed by atoms with Gasteiger partial charge in [0, 0.05) is 16.6 Å². The lowest BCUT2D eigenvalue weighted by atomic mass is 10.2. The third-order valence-corrected chi connectivity index (χ3v) is 6.21. The van der Waals surface area contributed by atoms with Crippen molar-refractivity contribution in [1.82, 2.24) is 4.90 Å². The molecule has 170 valence electrons. The van der Waals surface area contributed by atoms with Gasteiger partial charge in [-0.25, -0.2) is 4.79 Å². The van der Waals surface area contributed by atoms with Gasteiger partial charge in [0.25, 0.3) is 16.8 Å². The van der Waals surface area contributed by atoms with E-state index in [1.807, 2.05) is 0 Å². The maximum absolute atomic E-state index is 12.7. The number of hydrogen-bond donors (Lipinski definition) is 0. The zero-order chi connectivity index (χ0) is 24.2. The van der Waals surface area contributed by atoms with Gasteiger partial charge in [0.2, 0.25) is 0 Å². The number of esters is 1. The van der Waals surface area contributed by atoms with E-state index in [4.69, 9.17) is 4.74 Å². The van der Waals surface area contributed by atoms with Gasteiger partial charge in [-0.05, 0) is 59.3 Å². The summed E-state index contributed by atoms with van der Waals surface area (Å²) in [6, 6.07) is 19.1. The number of halogens is 1. The minimum Gasteiger partial charge on any atom is -0.423 e. The summed E-state index contributed by atoms with van der Waals surface area (Å²) in [4.78, 5) is 49.0. The zero-order valence-electron chi connectivity index (χ0n) is 17.3. The van der Waals surface area contributed by atoms with Crippen LogP contribution < -0.4 is 4.74 Å². The van der Waals surface area contributed by atoms with Crippen molar-refractivity contribution in [2.24, 2.45) is 0 Å². The molecule has 0 radical (unpaired) electrons. The normalized spacial score (nSPS) is 14.5. The Kier molecular flexibility index (Phi) is 6.90. The number of amides is 2. The molecule has 0 N–H and O–H groups in total. The summed E-state index contributed by atoms with van der Waals surface area (Å²) in [6.45, 7) is 0.0183. The number of hydrogen-bond acceptors (Lipinski definition) is 7. The number of imide groups is 1. The Bertz CT molecular complexity index is 1320. The molecular formula is C24H15BrN2O6S. The first-order chi connectivity index (χ1) is 16.3. The second-order valence-electron chi connectivity index (χ2n) is 7.16. The van der Waals surface area contributed by atoms with Crippen LogP contribution in [0.4, 0.5) is 10.5 Å². The van der Waals surface area contributed by atoms with E-state index in [1.165, 1.54) is 24.3 Å². The number of carbonyl (C=O) groups excluding carboxylic acids is 3. The van der Waals surface area contributed by atoms with Crippen LogP contribution in [0, 0.1) is 10.1 Å². The Balaban J connectivity index is 1.42. The fourth-order valence-electron chi connectivity index (χ4n) is 3.11. The maximum Gasteiger partial charge on any atom is 0.343 e. The van der Waals surface area contributed by atoms with Gasteiger partial charge >= 0.3 is 5.97 Å². The van der Waals surface area contributed by atoms with Crippen LogP contribution in [0.2, 0.25) is 0 Å². The predicted octanol–water partition coefficient (Wildman–Crippen LogP) is 5.81. The van der Waals surface area contributed by atoms with Crippen LogP contribution in [-0.4, -0.2) is 26.9 Å². The third kappa shape index (κ3) is 5.41. The quantitative estimate of drug-likeness (QED) is 0.128. The summed E-state index contributed by atoms with van der Waals surface area (Å²) < 4.78 is 6.13. The highest BCUT2D eigenvalue weighted by Crippen LogP contribution is 2.33. The molecule has 4 rings (SSSR count). The molecule has 1 aliphatic rings. The molecule has 2 amide bonds. The number of rotatable bonds is 6. The van der Waals surface area contributed by atoms with Crippen molar-refractivity contribution in [3.05, 3.63) is 109 Å². The second-order valence-corrected chi connectivity index (χ2v) is 9.07. The van der Waals surface area contributed by atoms with Gasteiger partial charge in [-0.3, -0.25) is 24.6 Å². The summed E-state index contributed by atoms with van der Waals surface area (Å²) in [5.74, 6) is -0.603. The molecule has 1 heterocycles. The molecule has 1 fully saturated rings. The molecule has 0 spiro atoms. The van der Waals surface area contributed by atoms with E-state index in [0.29, 0.717) is 22.4 Å². The molecule has 0 atom stereocenters. The molecular weight excluding hydrogens is 524 g/mol. The number of benzene rings is 3. The molecule has 0 aromatic heterocycles. The first-order valence-corrected chi connectivity index (χ1v) is 11.5. The Labute approximate surface area is 206 Å². The molecule has 3 aromatic rings. The van der Waals surface area contributed by atoms with Crippen LogP contribution in [-0.2, 0) is 11.3 Å². The van der Waals surface area contributed by atoms with E-state index in [-0.39, 0.29) is 17.1 Å². The lowest BCUT2D eigenvalue weighted by Gasteiger charge is -2.12. The number of nitrogens with zero attached hydrogens (tertiary/aromatic N) is 2. The molecule has 10 heteroatoms. The van der Waals surface area contributed by atoms with Crippen molar-refractivity contribution in [2.45, 2.75) is 6.54 Å². The van der Waals surface area contributed by atoms with E-state index in [1.54, 1.807) is 54.6 Å². The summed E-state index contributed by atoms with van der Waals surface area (Å²) >= 11 is 4.13. The van der Waals surface area contributed by atoms with Crippen LogP contribution in [0.3, 0.4) is 0 Å². The van der Waals surface area contributed by atoms with Crippen molar-refractivity contribution in [3.8, 4) is 5.75 Å².